The van der Waals surface area contributed by atoms with Crippen molar-refractivity contribution < 1.29 is 18.7 Å². The van der Waals surface area contributed by atoms with Gasteiger partial charge in [0.05, 0.1) is 25.8 Å². The number of fused-ring (bicyclic) bond motifs is 1. The van der Waals surface area contributed by atoms with Gasteiger partial charge in [-0.1, -0.05) is 30.3 Å². The molecule has 1 heterocycles. The summed E-state index contributed by atoms with van der Waals surface area (Å²) in [6.45, 7) is 2.58. The molecule has 0 radical (unpaired) electrons. The highest BCUT2D eigenvalue weighted by Crippen LogP contribution is 2.19. The van der Waals surface area contributed by atoms with Crippen LogP contribution in [-0.2, 0) is 16.1 Å². The number of carbonyl (C=O) groups is 2. The molecule has 0 saturated carbocycles. The molecule has 0 aliphatic rings. The fraction of sp³-hybridized carbons (Fsp3) is 0.238. The number of nitrogens with zero attached hydrogens (tertiary/aromatic N) is 1. The average Bonchev–Trinajstić information content (AvgIpc) is 3.18. The lowest BCUT2D eigenvalue weighted by Gasteiger charge is -2.22. The third kappa shape index (κ3) is 5.10. The molecule has 0 aliphatic heterocycles. The monoisotopic (exact) mass is 366 g/mol. The highest BCUT2D eigenvalue weighted by molar-refractivity contribution is 5.93. The summed E-state index contributed by atoms with van der Waals surface area (Å²) >= 11 is 0. The number of nitrogens with one attached hydrogen (secondary N) is 1. The molecule has 0 atom stereocenters. The summed E-state index contributed by atoms with van der Waals surface area (Å²) in [6, 6.07) is 16.9. The molecular weight excluding hydrogens is 344 g/mol. The lowest BCUT2D eigenvalue weighted by atomic mass is 10.1. The van der Waals surface area contributed by atoms with Crippen molar-refractivity contribution in [1.82, 2.24) is 4.90 Å². The second-order valence-electron chi connectivity index (χ2n) is 6.05. The van der Waals surface area contributed by atoms with Crippen molar-refractivity contribution in [3.63, 3.8) is 0 Å². The van der Waals surface area contributed by atoms with Gasteiger partial charge in [0.1, 0.15) is 5.76 Å². The van der Waals surface area contributed by atoms with Crippen LogP contribution < -0.4 is 5.32 Å². The van der Waals surface area contributed by atoms with Crippen molar-refractivity contribution in [3.8, 4) is 0 Å². The first-order valence-corrected chi connectivity index (χ1v) is 8.88. The van der Waals surface area contributed by atoms with E-state index in [-0.39, 0.29) is 31.5 Å². The van der Waals surface area contributed by atoms with Crippen LogP contribution in [0.5, 0.6) is 0 Å². The number of carbonyl (C=O) groups excluding carboxylic acids is 2. The van der Waals surface area contributed by atoms with Gasteiger partial charge in [-0.25, -0.2) is 4.79 Å². The Morgan fingerprint density at radius 2 is 1.89 bits per heavy atom. The zero-order valence-corrected chi connectivity index (χ0v) is 15.2. The smallest absolute Gasteiger partial charge is 0.322 e. The van der Waals surface area contributed by atoms with Gasteiger partial charge < -0.3 is 19.4 Å². The predicted molar refractivity (Wildman–Crippen MR) is 103 cm³/mol. The zero-order valence-electron chi connectivity index (χ0n) is 15.2. The van der Waals surface area contributed by atoms with E-state index < -0.39 is 0 Å². The van der Waals surface area contributed by atoms with Crippen molar-refractivity contribution in [2.24, 2.45) is 0 Å². The minimum absolute atomic E-state index is 0.125. The number of ether oxygens (including phenoxy) is 1. The molecule has 0 spiro atoms. The van der Waals surface area contributed by atoms with Gasteiger partial charge in [0.15, 0.2) is 0 Å². The number of esters is 1. The molecule has 3 aromatic rings. The first-order chi connectivity index (χ1) is 13.2. The quantitative estimate of drug-likeness (QED) is 0.628. The van der Waals surface area contributed by atoms with Crippen molar-refractivity contribution in [2.45, 2.75) is 19.9 Å². The number of hydrogen-bond donors (Lipinski definition) is 1. The summed E-state index contributed by atoms with van der Waals surface area (Å²) in [5.41, 5.74) is 0.694. The maximum atomic E-state index is 12.8. The Morgan fingerprint density at radius 1 is 1.07 bits per heavy atom. The Morgan fingerprint density at radius 3 is 2.63 bits per heavy atom. The van der Waals surface area contributed by atoms with Crippen LogP contribution in [0.15, 0.2) is 65.3 Å². The van der Waals surface area contributed by atoms with Crippen LogP contribution in [0, 0.1) is 0 Å². The van der Waals surface area contributed by atoms with E-state index in [1.165, 1.54) is 4.90 Å². The van der Waals surface area contributed by atoms with E-state index in [4.69, 9.17) is 9.15 Å². The predicted octanol–water partition coefficient (Wildman–Crippen LogP) is 4.42. The van der Waals surface area contributed by atoms with E-state index in [1.54, 1.807) is 25.3 Å². The summed E-state index contributed by atoms with van der Waals surface area (Å²) in [6.07, 6.45) is 1.68. The minimum atomic E-state index is -0.333. The average molecular weight is 366 g/mol. The summed E-state index contributed by atoms with van der Waals surface area (Å²) < 4.78 is 10.3. The Hall–Kier alpha value is -3.28. The minimum Gasteiger partial charge on any atom is -0.467 e. The summed E-state index contributed by atoms with van der Waals surface area (Å²) in [4.78, 5) is 26.0. The largest absolute Gasteiger partial charge is 0.467 e. The number of anilines is 1. The molecule has 1 aromatic heterocycles. The Kier molecular flexibility index (Phi) is 6.10. The fourth-order valence-electron chi connectivity index (χ4n) is 2.77. The molecule has 2 amide bonds. The lowest BCUT2D eigenvalue weighted by Crippen LogP contribution is -2.36. The summed E-state index contributed by atoms with van der Waals surface area (Å²) in [5.74, 6) is 0.313. The molecule has 0 fully saturated rings. The fourth-order valence-corrected chi connectivity index (χ4v) is 2.77. The van der Waals surface area contributed by atoms with E-state index in [9.17, 15) is 9.59 Å². The molecule has 6 nitrogen and oxygen atoms in total. The van der Waals surface area contributed by atoms with Crippen molar-refractivity contribution in [3.05, 3.63) is 66.6 Å². The molecule has 0 saturated heterocycles. The molecule has 1 N–H and O–H groups in total. The number of furan rings is 1. The van der Waals surface area contributed by atoms with E-state index in [2.05, 4.69) is 5.32 Å². The van der Waals surface area contributed by atoms with E-state index >= 15 is 0 Å². The second-order valence-corrected chi connectivity index (χ2v) is 6.05. The van der Waals surface area contributed by atoms with Crippen molar-refractivity contribution in [1.29, 1.82) is 0 Å². The highest BCUT2D eigenvalue weighted by Gasteiger charge is 2.17. The van der Waals surface area contributed by atoms with E-state index in [0.29, 0.717) is 18.1 Å². The number of amides is 2. The van der Waals surface area contributed by atoms with Gasteiger partial charge in [-0.2, -0.15) is 0 Å². The van der Waals surface area contributed by atoms with Gasteiger partial charge in [0, 0.05) is 12.2 Å². The molecule has 140 valence electrons. The first-order valence-electron chi connectivity index (χ1n) is 8.88. The van der Waals surface area contributed by atoms with Gasteiger partial charge >= 0.3 is 12.0 Å². The summed E-state index contributed by atoms with van der Waals surface area (Å²) in [7, 11) is 0. The topological polar surface area (TPSA) is 71.8 Å². The SMILES string of the molecule is CCOC(=O)CCN(Cc1ccco1)C(=O)Nc1ccc2ccccc2c1. The van der Waals surface area contributed by atoms with Crippen LogP contribution in [0.1, 0.15) is 19.1 Å². The van der Waals surface area contributed by atoms with Crippen LogP contribution in [-0.4, -0.2) is 30.1 Å². The number of rotatable bonds is 7. The van der Waals surface area contributed by atoms with Crippen LogP contribution in [0.25, 0.3) is 10.8 Å². The van der Waals surface area contributed by atoms with E-state index in [1.807, 2.05) is 42.5 Å². The van der Waals surface area contributed by atoms with Crippen molar-refractivity contribution >= 4 is 28.5 Å². The normalized spacial score (nSPS) is 10.6. The number of benzene rings is 2. The molecular formula is C21H22N2O4. The maximum absolute atomic E-state index is 12.8. The van der Waals surface area contributed by atoms with Gasteiger partial charge in [0.2, 0.25) is 0 Å². The van der Waals surface area contributed by atoms with E-state index in [0.717, 1.165) is 10.8 Å². The van der Waals surface area contributed by atoms with Gasteiger partial charge in [0.25, 0.3) is 0 Å². The van der Waals surface area contributed by atoms with Crippen molar-refractivity contribution in [2.75, 3.05) is 18.5 Å². The van der Waals surface area contributed by atoms with Crippen LogP contribution in [0.4, 0.5) is 10.5 Å². The van der Waals surface area contributed by atoms with Crippen LogP contribution in [0.2, 0.25) is 0 Å². The number of hydrogen-bond acceptors (Lipinski definition) is 4. The van der Waals surface area contributed by atoms with Crippen LogP contribution in [0.3, 0.4) is 0 Å². The third-order valence-electron chi connectivity index (χ3n) is 4.11. The molecule has 6 heteroatoms. The molecule has 0 aliphatic carbocycles. The Labute approximate surface area is 157 Å². The lowest BCUT2D eigenvalue weighted by molar-refractivity contribution is -0.143. The summed E-state index contributed by atoms with van der Waals surface area (Å²) in [5, 5.41) is 5.04. The maximum Gasteiger partial charge on any atom is 0.322 e. The zero-order chi connectivity index (χ0) is 19.1. The second kappa shape index (κ2) is 8.89. The molecule has 3 rings (SSSR count). The molecule has 2 aromatic carbocycles. The molecule has 0 bridgehead atoms. The van der Waals surface area contributed by atoms with Gasteiger partial charge in [-0.3, -0.25) is 4.79 Å². The highest BCUT2D eigenvalue weighted by atomic mass is 16.5. The molecule has 0 unspecified atom stereocenters. The number of urea groups is 1. The standard InChI is InChI=1S/C21H22N2O4/c1-2-26-20(24)11-12-23(15-19-8-5-13-27-19)21(25)22-18-10-9-16-6-3-4-7-17(16)14-18/h3-10,13-14H,2,11-12,15H2,1H3,(H,22,25). The van der Waals surface area contributed by atoms with Gasteiger partial charge in [-0.05, 0) is 42.0 Å². The Balaban J connectivity index is 1.70. The third-order valence-corrected chi connectivity index (χ3v) is 4.11. The first kappa shape index (κ1) is 18.5. The molecule has 27 heavy (non-hydrogen) atoms. The van der Waals surface area contributed by atoms with Crippen LogP contribution >= 0.6 is 0 Å². The van der Waals surface area contributed by atoms with Gasteiger partial charge in [-0.15, -0.1) is 0 Å². The Bertz CT molecular complexity index is 905.